The standard InChI is InChI=1S/C14H17BrN2/c1-17-9-10(8-16-12-3-2-4-12)13-7-11(15)5-6-14(13)17/h5-7,9,12,16H,2-4,8H2,1H3. The summed E-state index contributed by atoms with van der Waals surface area (Å²) in [5.41, 5.74) is 2.70. The predicted molar refractivity (Wildman–Crippen MR) is 75.1 cm³/mol. The number of hydrogen-bond acceptors (Lipinski definition) is 1. The van der Waals surface area contributed by atoms with E-state index in [-0.39, 0.29) is 0 Å². The summed E-state index contributed by atoms with van der Waals surface area (Å²) in [6.45, 7) is 0.985. The summed E-state index contributed by atoms with van der Waals surface area (Å²) in [6, 6.07) is 7.24. The number of hydrogen-bond donors (Lipinski definition) is 1. The Morgan fingerprint density at radius 3 is 2.94 bits per heavy atom. The number of rotatable bonds is 3. The molecular weight excluding hydrogens is 276 g/mol. The van der Waals surface area contributed by atoms with Gasteiger partial charge in [-0.3, -0.25) is 0 Å². The van der Waals surface area contributed by atoms with Gasteiger partial charge in [0.25, 0.3) is 0 Å². The molecule has 1 heterocycles. The summed E-state index contributed by atoms with van der Waals surface area (Å²) in [5, 5.41) is 4.99. The largest absolute Gasteiger partial charge is 0.350 e. The Labute approximate surface area is 110 Å². The van der Waals surface area contributed by atoms with E-state index in [1.165, 1.54) is 35.7 Å². The topological polar surface area (TPSA) is 17.0 Å². The molecule has 1 N–H and O–H groups in total. The molecule has 90 valence electrons. The van der Waals surface area contributed by atoms with Crippen LogP contribution in [0.25, 0.3) is 10.9 Å². The summed E-state index contributed by atoms with van der Waals surface area (Å²) in [5.74, 6) is 0. The van der Waals surface area contributed by atoms with E-state index in [0.29, 0.717) is 0 Å². The van der Waals surface area contributed by atoms with Gasteiger partial charge in [0.1, 0.15) is 0 Å². The number of halogens is 1. The van der Waals surface area contributed by atoms with Crippen LogP contribution in [0.1, 0.15) is 24.8 Å². The first-order chi connectivity index (χ1) is 8.24. The molecule has 0 atom stereocenters. The lowest BCUT2D eigenvalue weighted by Crippen LogP contribution is -2.34. The first-order valence-electron chi connectivity index (χ1n) is 6.21. The van der Waals surface area contributed by atoms with Crippen molar-refractivity contribution in [3.8, 4) is 0 Å². The Bertz CT molecular complexity index is 540. The maximum absolute atomic E-state index is 3.63. The minimum absolute atomic E-state index is 0.748. The van der Waals surface area contributed by atoms with E-state index < -0.39 is 0 Å². The van der Waals surface area contributed by atoms with Crippen molar-refractivity contribution in [2.24, 2.45) is 7.05 Å². The van der Waals surface area contributed by atoms with Crippen LogP contribution in [0.2, 0.25) is 0 Å². The van der Waals surface area contributed by atoms with Crippen molar-refractivity contribution in [3.63, 3.8) is 0 Å². The van der Waals surface area contributed by atoms with E-state index in [1.54, 1.807) is 0 Å². The van der Waals surface area contributed by atoms with Crippen LogP contribution in [0.5, 0.6) is 0 Å². The number of aryl methyl sites for hydroxylation is 1. The molecule has 0 amide bonds. The maximum Gasteiger partial charge on any atom is 0.0481 e. The highest BCUT2D eigenvalue weighted by molar-refractivity contribution is 9.10. The molecule has 2 aromatic rings. The molecule has 1 fully saturated rings. The van der Waals surface area contributed by atoms with Gasteiger partial charge < -0.3 is 9.88 Å². The van der Waals surface area contributed by atoms with E-state index in [1.807, 2.05) is 0 Å². The second-order valence-corrected chi connectivity index (χ2v) is 5.85. The SMILES string of the molecule is Cn1cc(CNC2CCC2)c2cc(Br)ccc21. The minimum Gasteiger partial charge on any atom is -0.350 e. The van der Waals surface area contributed by atoms with Crippen molar-refractivity contribution < 1.29 is 0 Å². The molecule has 0 unspecified atom stereocenters. The Morgan fingerprint density at radius 2 is 2.24 bits per heavy atom. The molecule has 1 aliphatic rings. The third-order valence-electron chi connectivity index (χ3n) is 3.72. The lowest BCUT2D eigenvalue weighted by molar-refractivity contribution is 0.338. The number of fused-ring (bicyclic) bond motifs is 1. The molecule has 1 aromatic heterocycles. The predicted octanol–water partition coefficient (Wildman–Crippen LogP) is 3.58. The zero-order chi connectivity index (χ0) is 11.8. The van der Waals surface area contributed by atoms with Crippen molar-refractivity contribution in [1.82, 2.24) is 9.88 Å². The van der Waals surface area contributed by atoms with Crippen molar-refractivity contribution in [2.75, 3.05) is 0 Å². The molecule has 2 nitrogen and oxygen atoms in total. The second kappa shape index (κ2) is 4.46. The first-order valence-corrected chi connectivity index (χ1v) is 7.00. The van der Waals surface area contributed by atoms with Gasteiger partial charge in [-0.05, 0) is 36.6 Å². The molecule has 0 spiro atoms. The number of benzene rings is 1. The quantitative estimate of drug-likeness (QED) is 0.915. The van der Waals surface area contributed by atoms with Gasteiger partial charge in [-0.2, -0.15) is 0 Å². The number of aromatic nitrogens is 1. The normalized spacial score (nSPS) is 16.4. The summed E-state index contributed by atoms with van der Waals surface area (Å²) >= 11 is 3.55. The van der Waals surface area contributed by atoms with Crippen LogP contribution >= 0.6 is 15.9 Å². The highest BCUT2D eigenvalue weighted by Gasteiger charge is 2.17. The second-order valence-electron chi connectivity index (χ2n) is 4.94. The van der Waals surface area contributed by atoms with Crippen LogP contribution in [0.3, 0.4) is 0 Å². The van der Waals surface area contributed by atoms with Crippen LogP contribution in [-0.2, 0) is 13.6 Å². The van der Waals surface area contributed by atoms with Gasteiger partial charge in [0.2, 0.25) is 0 Å². The van der Waals surface area contributed by atoms with Crippen molar-refractivity contribution in [3.05, 3.63) is 34.4 Å². The van der Waals surface area contributed by atoms with Crippen molar-refractivity contribution in [1.29, 1.82) is 0 Å². The van der Waals surface area contributed by atoms with Crippen LogP contribution in [-0.4, -0.2) is 10.6 Å². The molecule has 3 rings (SSSR count). The van der Waals surface area contributed by atoms with E-state index >= 15 is 0 Å². The van der Waals surface area contributed by atoms with Gasteiger partial charge in [0.05, 0.1) is 0 Å². The summed E-state index contributed by atoms with van der Waals surface area (Å²) < 4.78 is 3.36. The Morgan fingerprint density at radius 1 is 1.41 bits per heavy atom. The third kappa shape index (κ3) is 2.14. The maximum atomic E-state index is 3.63. The average Bonchev–Trinajstić information content (AvgIpc) is 2.53. The number of nitrogens with zero attached hydrogens (tertiary/aromatic N) is 1. The molecule has 17 heavy (non-hydrogen) atoms. The molecule has 3 heteroatoms. The fourth-order valence-corrected chi connectivity index (χ4v) is 2.81. The van der Waals surface area contributed by atoms with Gasteiger partial charge in [-0.25, -0.2) is 0 Å². The van der Waals surface area contributed by atoms with Gasteiger partial charge in [0, 0.05) is 41.2 Å². The molecule has 0 aliphatic heterocycles. The van der Waals surface area contributed by atoms with Crippen molar-refractivity contribution >= 4 is 26.8 Å². The van der Waals surface area contributed by atoms with Gasteiger partial charge in [-0.15, -0.1) is 0 Å². The zero-order valence-electron chi connectivity index (χ0n) is 10.0. The molecule has 1 aromatic carbocycles. The Kier molecular flexibility index (Phi) is 2.97. The highest BCUT2D eigenvalue weighted by atomic mass is 79.9. The smallest absolute Gasteiger partial charge is 0.0481 e. The van der Waals surface area contributed by atoms with Gasteiger partial charge in [0.15, 0.2) is 0 Å². The van der Waals surface area contributed by atoms with Crippen LogP contribution < -0.4 is 5.32 Å². The molecule has 1 aliphatic carbocycles. The molecule has 0 bridgehead atoms. The molecular formula is C14H17BrN2. The molecule has 0 radical (unpaired) electrons. The Hall–Kier alpha value is -0.800. The van der Waals surface area contributed by atoms with Crippen LogP contribution in [0, 0.1) is 0 Å². The van der Waals surface area contributed by atoms with E-state index in [4.69, 9.17) is 0 Å². The first kappa shape index (κ1) is 11.3. The fraction of sp³-hybridized carbons (Fsp3) is 0.429. The van der Waals surface area contributed by atoms with Crippen LogP contribution in [0.4, 0.5) is 0 Å². The Balaban J connectivity index is 1.89. The fourth-order valence-electron chi connectivity index (χ4n) is 2.45. The zero-order valence-corrected chi connectivity index (χ0v) is 11.6. The minimum atomic E-state index is 0.748. The lowest BCUT2D eigenvalue weighted by atomic mass is 9.93. The average molecular weight is 293 g/mol. The van der Waals surface area contributed by atoms with Gasteiger partial charge in [-0.1, -0.05) is 22.4 Å². The van der Waals surface area contributed by atoms with E-state index in [2.05, 4.69) is 57.3 Å². The third-order valence-corrected chi connectivity index (χ3v) is 4.21. The van der Waals surface area contributed by atoms with Gasteiger partial charge >= 0.3 is 0 Å². The summed E-state index contributed by atoms with van der Waals surface area (Å²) in [6.07, 6.45) is 6.31. The summed E-state index contributed by atoms with van der Waals surface area (Å²) in [4.78, 5) is 0. The van der Waals surface area contributed by atoms with Crippen LogP contribution in [0.15, 0.2) is 28.9 Å². The van der Waals surface area contributed by atoms with E-state index in [0.717, 1.165) is 17.1 Å². The number of nitrogens with one attached hydrogen (secondary N) is 1. The highest BCUT2D eigenvalue weighted by Crippen LogP contribution is 2.25. The molecule has 0 saturated heterocycles. The van der Waals surface area contributed by atoms with E-state index in [9.17, 15) is 0 Å². The lowest BCUT2D eigenvalue weighted by Gasteiger charge is -2.26. The van der Waals surface area contributed by atoms with Crippen molar-refractivity contribution in [2.45, 2.75) is 31.8 Å². The monoisotopic (exact) mass is 292 g/mol. The summed E-state index contributed by atoms with van der Waals surface area (Å²) in [7, 11) is 2.11. The molecule has 1 saturated carbocycles.